The zero-order valence-corrected chi connectivity index (χ0v) is 65.9. The Morgan fingerprint density at radius 3 is 0.807 bits per heavy atom. The van der Waals surface area contributed by atoms with Gasteiger partial charge in [-0.3, -0.25) is 0 Å². The van der Waals surface area contributed by atoms with Gasteiger partial charge < -0.3 is 39.6 Å². The molecule has 0 spiro atoms. The number of hydrogen-bond donors (Lipinski definition) is 6. The maximum Gasteiger partial charge on any atom is 0.337 e. The standard InChI is InChI=1S/C98H84N8O8/c1-95(2,3)61-43-59(44-62(47-61)96(4,5)6)85-73-35-31-67(99-73)81(51-15-23-55(24-16-51)91(107)108)69-39-41-77(103-69)88-66-50-80-84(54-21-29-58(30-22-54)94(112)114-14)72-34-38-76(102-72)86(60-45-63(97(7,8)9)48-64(46-60)98(10,11)12)74-36-32-68(100-74)82(52-19-27-57(28-20-52)93(111)113-13)70-40-42-78(104-70)87(90(66)106-80)65-49-79(105-89(65)88)83(71-33-37-75(85)101-71)53-17-25-56(26-18-53)92(109)110/h15-50,101-104H,1-14H3,(H,107,108)(H,109,110). The Kier molecular flexibility index (Phi) is 17.4. The van der Waals surface area contributed by atoms with Gasteiger partial charge in [0.25, 0.3) is 0 Å². The Morgan fingerprint density at radius 1 is 0.289 bits per heavy atom. The van der Waals surface area contributed by atoms with E-state index in [0.717, 1.165) is 88.7 Å². The monoisotopic (exact) mass is 1500 g/mol. The van der Waals surface area contributed by atoms with Crippen LogP contribution in [0.1, 0.15) is 170 Å². The molecule has 564 valence electrons. The molecule has 8 aromatic heterocycles. The van der Waals surface area contributed by atoms with Crippen LogP contribution in [0.25, 0.3) is 179 Å². The maximum atomic E-state index is 13.3. The zero-order valence-electron chi connectivity index (χ0n) is 65.9. The van der Waals surface area contributed by atoms with Crippen molar-refractivity contribution in [2.75, 3.05) is 14.2 Å². The Hall–Kier alpha value is -13.6. The quantitative estimate of drug-likeness (QED) is 0.0701. The molecule has 0 amide bonds. The summed E-state index contributed by atoms with van der Waals surface area (Å²) in [5.41, 5.74) is 24.7. The molecular formula is C98H84N8O8. The number of carboxylic acids is 2. The lowest BCUT2D eigenvalue weighted by Gasteiger charge is -2.26. The summed E-state index contributed by atoms with van der Waals surface area (Å²) in [6.45, 7) is 26.7. The first-order valence-electron chi connectivity index (χ1n) is 38.1. The van der Waals surface area contributed by atoms with Crippen LogP contribution in [0.2, 0.25) is 0 Å². The van der Waals surface area contributed by atoms with Gasteiger partial charge in [-0.2, -0.15) is 0 Å². The third kappa shape index (κ3) is 13.0. The molecule has 0 radical (unpaired) electrons. The highest BCUT2D eigenvalue weighted by Crippen LogP contribution is 2.47. The van der Waals surface area contributed by atoms with Crippen molar-refractivity contribution in [1.82, 2.24) is 39.9 Å². The summed E-state index contributed by atoms with van der Waals surface area (Å²) in [6.07, 6.45) is 8.19. The molecule has 17 rings (SSSR count). The van der Waals surface area contributed by atoms with Crippen molar-refractivity contribution in [1.29, 1.82) is 0 Å². The lowest BCUT2D eigenvalue weighted by Crippen LogP contribution is -2.16. The summed E-state index contributed by atoms with van der Waals surface area (Å²) in [5.74, 6) is -3.07. The molecule has 0 saturated heterocycles. The summed E-state index contributed by atoms with van der Waals surface area (Å²) in [7, 11) is 2.74. The van der Waals surface area contributed by atoms with Crippen molar-refractivity contribution in [3.8, 4) is 66.8 Å². The van der Waals surface area contributed by atoms with E-state index < -0.39 is 23.9 Å². The zero-order chi connectivity index (χ0) is 79.9. The van der Waals surface area contributed by atoms with Crippen molar-refractivity contribution in [2.24, 2.45) is 0 Å². The second kappa shape index (κ2) is 27.1. The van der Waals surface area contributed by atoms with Crippen LogP contribution in [0, 0.1) is 0 Å². The topological polar surface area (TPSA) is 242 Å². The van der Waals surface area contributed by atoms with Crippen molar-refractivity contribution in [3.05, 3.63) is 261 Å². The number of hydrogen-bond acceptors (Lipinski definition) is 10. The summed E-state index contributed by atoms with van der Waals surface area (Å²) in [6, 6.07) is 63.0. The summed E-state index contributed by atoms with van der Waals surface area (Å²) >= 11 is 0. The first kappa shape index (κ1) is 73.2. The lowest BCUT2D eigenvalue weighted by molar-refractivity contribution is 0.0592. The largest absolute Gasteiger partial charge is 0.478 e. The number of benzene rings is 7. The molecule has 0 atom stereocenters. The van der Waals surface area contributed by atoms with E-state index in [1.807, 2.05) is 72.8 Å². The van der Waals surface area contributed by atoms with E-state index in [0.29, 0.717) is 122 Å². The van der Waals surface area contributed by atoms with E-state index in [1.54, 1.807) is 48.5 Å². The molecule has 6 N–H and O–H groups in total. The van der Waals surface area contributed by atoms with Crippen LogP contribution < -0.4 is 0 Å². The molecule has 0 fully saturated rings. The minimum absolute atomic E-state index is 0.117. The Balaban J connectivity index is 1.10. The van der Waals surface area contributed by atoms with Crippen LogP contribution in [0.4, 0.5) is 0 Å². The van der Waals surface area contributed by atoms with E-state index in [9.17, 15) is 29.4 Å². The fourth-order valence-corrected chi connectivity index (χ4v) is 15.9. The molecule has 0 saturated carbocycles. The Bertz CT molecular complexity index is 6860. The van der Waals surface area contributed by atoms with E-state index in [2.05, 4.69) is 200 Å². The van der Waals surface area contributed by atoms with Crippen LogP contribution in [0.3, 0.4) is 0 Å². The van der Waals surface area contributed by atoms with E-state index in [4.69, 9.17) is 29.4 Å². The molecule has 114 heavy (non-hydrogen) atoms. The van der Waals surface area contributed by atoms with Gasteiger partial charge >= 0.3 is 23.9 Å². The van der Waals surface area contributed by atoms with Crippen LogP contribution in [-0.2, 0) is 31.1 Å². The predicted octanol–water partition coefficient (Wildman–Crippen LogP) is 23.7. The number of carbonyl (C=O) groups is 4. The van der Waals surface area contributed by atoms with E-state index >= 15 is 0 Å². The Labute approximate surface area is 658 Å². The first-order chi connectivity index (χ1) is 54.3. The number of methoxy groups -OCH3 is 2. The highest BCUT2D eigenvalue weighted by molar-refractivity contribution is 6.32. The number of carboxylic acid groups (broad SMARTS) is 2. The van der Waals surface area contributed by atoms with Crippen LogP contribution in [0.15, 0.2) is 194 Å². The van der Waals surface area contributed by atoms with Gasteiger partial charge in [0, 0.05) is 99.1 Å². The molecule has 0 aliphatic carbocycles. The van der Waals surface area contributed by atoms with Gasteiger partial charge in [-0.15, -0.1) is 0 Å². The fraction of sp³-hybridized carbons (Fsp3) is 0.184. The van der Waals surface area contributed by atoms with Crippen molar-refractivity contribution in [2.45, 2.75) is 105 Å². The molecule has 7 aromatic carbocycles. The van der Waals surface area contributed by atoms with Gasteiger partial charge in [0.05, 0.1) is 81.3 Å². The van der Waals surface area contributed by atoms with Crippen LogP contribution in [0.5, 0.6) is 0 Å². The third-order valence-corrected chi connectivity index (χ3v) is 22.2. The number of nitrogens with one attached hydrogen (secondary N) is 4. The number of carbonyl (C=O) groups excluding carboxylic acids is 2. The number of H-pyrrole nitrogens is 4. The number of ether oxygens (including phenoxy) is 2. The number of aromatic amines is 4. The summed E-state index contributed by atoms with van der Waals surface area (Å²) < 4.78 is 10.5. The molecule has 2 aliphatic rings. The van der Waals surface area contributed by atoms with Gasteiger partial charge in [0.15, 0.2) is 0 Å². The molecule has 2 aliphatic heterocycles. The average Bonchev–Trinajstić information content (AvgIpc) is 1.55. The molecule has 15 aromatic rings. The molecule has 16 heteroatoms. The molecule has 10 heterocycles. The first-order valence-corrected chi connectivity index (χ1v) is 38.1. The number of rotatable bonds is 10. The van der Waals surface area contributed by atoms with Crippen LogP contribution in [-0.4, -0.2) is 88.2 Å². The number of esters is 2. The highest BCUT2D eigenvalue weighted by atomic mass is 16.5. The second-order valence-corrected chi connectivity index (χ2v) is 33.9. The fourth-order valence-electron chi connectivity index (χ4n) is 15.9. The third-order valence-electron chi connectivity index (χ3n) is 22.2. The highest BCUT2D eigenvalue weighted by Gasteiger charge is 2.29. The van der Waals surface area contributed by atoms with Gasteiger partial charge in [-0.25, -0.2) is 39.1 Å². The summed E-state index contributed by atoms with van der Waals surface area (Å²) in [5, 5.41) is 23.6. The Morgan fingerprint density at radius 2 is 0.535 bits per heavy atom. The minimum atomic E-state index is -1.06. The predicted molar refractivity (Wildman–Crippen MR) is 461 cm³/mol. The lowest BCUT2D eigenvalue weighted by atomic mass is 9.78. The van der Waals surface area contributed by atoms with Gasteiger partial charge in [-0.05, 0) is 211 Å². The van der Waals surface area contributed by atoms with Crippen molar-refractivity contribution >= 4 is 136 Å². The number of aromatic carboxylic acids is 2. The number of nitrogens with zero attached hydrogens (tertiary/aromatic N) is 4. The number of fused-ring (bicyclic) bond motifs is 18. The van der Waals surface area contributed by atoms with Gasteiger partial charge in [-0.1, -0.05) is 168 Å². The molecule has 16 nitrogen and oxygen atoms in total. The number of aromatic nitrogens is 8. The SMILES string of the molecule is COC(=O)c1ccc(-c2c3nc(c(-c4cc(C(C)(C)C)cc(C(C)(C)C)c4)c4ccc([nH]4)c(-c4ccc(C(=O)OC)cc4)c4cc5c(n4)c(c4ccc2[nH]4)c2cc4nc2c5c2ccc([nH]2)c(-c2ccc(C(=O)O)cc2)c2nc(c(-c5cc(C(C)(C)C)cc(C(C)(C)C)c5)c5ccc([nH]5)c4-c4ccc(C(=O)O)cc4)C=C2)C=C3)cc1. The smallest absolute Gasteiger partial charge is 0.337 e. The molecule has 16 bridgehead atoms. The normalized spacial score (nSPS) is 12.6. The van der Waals surface area contributed by atoms with Gasteiger partial charge in [0.2, 0.25) is 0 Å². The second-order valence-electron chi connectivity index (χ2n) is 33.9. The summed E-state index contributed by atoms with van der Waals surface area (Å²) in [4.78, 5) is 91.0. The van der Waals surface area contributed by atoms with Crippen molar-refractivity contribution < 1.29 is 38.9 Å². The van der Waals surface area contributed by atoms with Crippen molar-refractivity contribution in [3.63, 3.8) is 0 Å². The average molecular weight is 1500 g/mol. The molecular weight excluding hydrogens is 1420 g/mol. The maximum absolute atomic E-state index is 13.3. The van der Waals surface area contributed by atoms with E-state index in [-0.39, 0.29) is 32.8 Å². The van der Waals surface area contributed by atoms with E-state index in [1.165, 1.54) is 14.2 Å². The van der Waals surface area contributed by atoms with Crippen LogP contribution >= 0.6 is 0 Å². The minimum Gasteiger partial charge on any atom is -0.478 e. The molecule has 0 unspecified atom stereocenters. The van der Waals surface area contributed by atoms with Gasteiger partial charge in [0.1, 0.15) is 0 Å².